The number of sulfonamides is 1. The molecular weight excluding hydrogens is 332 g/mol. The lowest BCUT2D eigenvalue weighted by molar-refractivity contribution is 0.346. The lowest BCUT2D eigenvalue weighted by Crippen LogP contribution is -2.31. The van der Waals surface area contributed by atoms with Gasteiger partial charge >= 0.3 is 0 Å². The van der Waals surface area contributed by atoms with E-state index in [1.807, 2.05) is 0 Å². The molecule has 0 unspecified atom stereocenters. The first-order valence-corrected chi connectivity index (χ1v) is 9.08. The summed E-state index contributed by atoms with van der Waals surface area (Å²) < 4.78 is 43.4. The highest BCUT2D eigenvalue weighted by Crippen LogP contribution is 2.39. The number of hydrogen-bond donors (Lipinski definition) is 0. The summed E-state index contributed by atoms with van der Waals surface area (Å²) in [5.74, 6) is 1.41. The Morgan fingerprint density at radius 3 is 2.67 bits per heavy atom. The molecule has 2 heterocycles. The van der Waals surface area contributed by atoms with E-state index in [0.717, 1.165) is 6.42 Å². The van der Waals surface area contributed by atoms with Crippen molar-refractivity contribution in [3.63, 3.8) is 0 Å². The van der Waals surface area contributed by atoms with Gasteiger partial charge in [0.1, 0.15) is 27.8 Å². The maximum absolute atomic E-state index is 13.2. The highest BCUT2D eigenvalue weighted by atomic mass is 32.2. The SMILES string of the molecule is COc1ccc(OC)c(S(=O)(=O)N2CCC[C@@H]2c2cc(C)on2)c1. The molecule has 1 aliphatic heterocycles. The van der Waals surface area contributed by atoms with Crippen molar-refractivity contribution >= 4 is 10.0 Å². The van der Waals surface area contributed by atoms with E-state index in [1.54, 1.807) is 25.1 Å². The number of nitrogens with zero attached hydrogens (tertiary/aromatic N) is 2. The summed E-state index contributed by atoms with van der Waals surface area (Å²) in [6, 6.07) is 6.19. The Kier molecular flexibility index (Phi) is 4.51. The highest BCUT2D eigenvalue weighted by molar-refractivity contribution is 7.89. The minimum absolute atomic E-state index is 0.0940. The molecule has 1 atom stereocenters. The molecule has 1 aromatic heterocycles. The van der Waals surface area contributed by atoms with Crippen molar-refractivity contribution < 1.29 is 22.4 Å². The van der Waals surface area contributed by atoms with E-state index in [0.29, 0.717) is 30.2 Å². The molecular formula is C16H20N2O5S. The van der Waals surface area contributed by atoms with Gasteiger partial charge in [0, 0.05) is 18.7 Å². The lowest BCUT2D eigenvalue weighted by atomic mass is 10.1. The second-order valence-corrected chi connectivity index (χ2v) is 7.51. The molecule has 0 saturated carbocycles. The third-order valence-electron chi connectivity index (χ3n) is 4.15. The van der Waals surface area contributed by atoms with E-state index in [2.05, 4.69) is 5.16 Å². The largest absolute Gasteiger partial charge is 0.497 e. The van der Waals surface area contributed by atoms with Crippen LogP contribution in [0, 0.1) is 6.92 Å². The molecule has 8 heteroatoms. The van der Waals surface area contributed by atoms with Gasteiger partial charge in [-0.2, -0.15) is 4.31 Å². The smallest absolute Gasteiger partial charge is 0.247 e. The molecule has 0 bridgehead atoms. The standard InChI is InChI=1S/C16H20N2O5S/c1-11-9-13(17-23-11)14-5-4-8-18(14)24(19,20)16-10-12(21-2)6-7-15(16)22-3/h6-7,9-10,14H,4-5,8H2,1-3H3/t14-/m1/s1. The van der Waals surface area contributed by atoms with Gasteiger partial charge in [-0.25, -0.2) is 8.42 Å². The van der Waals surface area contributed by atoms with Crippen molar-refractivity contribution in [2.45, 2.75) is 30.7 Å². The zero-order valence-electron chi connectivity index (χ0n) is 13.9. The molecule has 3 rings (SSSR count). The molecule has 0 amide bonds. The Hall–Kier alpha value is -2.06. The first-order valence-electron chi connectivity index (χ1n) is 7.64. The lowest BCUT2D eigenvalue weighted by Gasteiger charge is -2.23. The van der Waals surface area contributed by atoms with E-state index >= 15 is 0 Å². The van der Waals surface area contributed by atoms with E-state index in [4.69, 9.17) is 14.0 Å². The second-order valence-electron chi connectivity index (χ2n) is 5.65. The summed E-state index contributed by atoms with van der Waals surface area (Å²) >= 11 is 0. The van der Waals surface area contributed by atoms with E-state index < -0.39 is 10.0 Å². The molecule has 130 valence electrons. The van der Waals surface area contributed by atoms with Crippen LogP contribution in [-0.2, 0) is 10.0 Å². The van der Waals surface area contributed by atoms with Crippen molar-refractivity contribution in [1.29, 1.82) is 0 Å². The second kappa shape index (κ2) is 6.45. The van der Waals surface area contributed by atoms with E-state index in [-0.39, 0.29) is 16.7 Å². The van der Waals surface area contributed by atoms with Gasteiger partial charge in [0.2, 0.25) is 10.0 Å². The van der Waals surface area contributed by atoms with Crippen molar-refractivity contribution in [3.05, 3.63) is 35.7 Å². The van der Waals surface area contributed by atoms with Gasteiger partial charge in [-0.1, -0.05) is 5.16 Å². The Morgan fingerprint density at radius 2 is 2.04 bits per heavy atom. The monoisotopic (exact) mass is 352 g/mol. The zero-order chi connectivity index (χ0) is 17.3. The van der Waals surface area contributed by atoms with Crippen LogP contribution in [0.4, 0.5) is 0 Å². The number of aryl methyl sites for hydroxylation is 1. The number of rotatable bonds is 5. The average Bonchev–Trinajstić information content (AvgIpc) is 3.23. The van der Waals surface area contributed by atoms with Crippen LogP contribution >= 0.6 is 0 Å². The van der Waals surface area contributed by atoms with Gasteiger partial charge in [0.05, 0.1) is 20.3 Å². The minimum atomic E-state index is -3.76. The van der Waals surface area contributed by atoms with Crippen molar-refractivity contribution in [2.24, 2.45) is 0 Å². The fourth-order valence-corrected chi connectivity index (χ4v) is 4.82. The number of ether oxygens (including phenoxy) is 2. The normalized spacial score (nSPS) is 18.7. The number of methoxy groups -OCH3 is 2. The molecule has 2 aromatic rings. The predicted octanol–water partition coefficient (Wildman–Crippen LogP) is 2.53. The van der Waals surface area contributed by atoms with Crippen LogP contribution in [0.1, 0.15) is 30.3 Å². The zero-order valence-corrected chi connectivity index (χ0v) is 14.7. The van der Waals surface area contributed by atoms with Gasteiger partial charge in [0.25, 0.3) is 0 Å². The predicted molar refractivity (Wildman–Crippen MR) is 86.7 cm³/mol. The summed E-state index contributed by atoms with van der Waals surface area (Å²) in [7, 11) is -0.813. The number of benzene rings is 1. The van der Waals surface area contributed by atoms with Crippen LogP contribution in [0.2, 0.25) is 0 Å². The van der Waals surface area contributed by atoms with Gasteiger partial charge in [-0.15, -0.1) is 0 Å². The third-order valence-corrected chi connectivity index (χ3v) is 6.08. The highest BCUT2D eigenvalue weighted by Gasteiger charge is 2.39. The average molecular weight is 352 g/mol. The molecule has 1 aliphatic rings. The summed E-state index contributed by atoms with van der Waals surface area (Å²) in [4.78, 5) is 0.0940. The summed E-state index contributed by atoms with van der Waals surface area (Å²) in [6.45, 7) is 2.22. The Labute approximate surface area is 141 Å². The molecule has 1 aromatic carbocycles. The van der Waals surface area contributed by atoms with Crippen molar-refractivity contribution in [3.8, 4) is 11.5 Å². The minimum Gasteiger partial charge on any atom is -0.497 e. The number of hydrogen-bond acceptors (Lipinski definition) is 6. The van der Waals surface area contributed by atoms with Crippen LogP contribution in [0.3, 0.4) is 0 Å². The van der Waals surface area contributed by atoms with Crippen LogP contribution in [0.5, 0.6) is 11.5 Å². The third kappa shape index (κ3) is 2.87. The summed E-state index contributed by atoms with van der Waals surface area (Å²) in [6.07, 6.45) is 1.47. The maximum Gasteiger partial charge on any atom is 0.247 e. The fourth-order valence-electron chi connectivity index (χ4n) is 2.98. The summed E-state index contributed by atoms with van der Waals surface area (Å²) in [5, 5.41) is 3.99. The van der Waals surface area contributed by atoms with E-state index in [9.17, 15) is 8.42 Å². The van der Waals surface area contributed by atoms with Crippen LogP contribution in [0.15, 0.2) is 33.7 Å². The molecule has 0 radical (unpaired) electrons. The summed E-state index contributed by atoms with van der Waals surface area (Å²) in [5.41, 5.74) is 0.635. The first kappa shape index (κ1) is 16.8. The molecule has 24 heavy (non-hydrogen) atoms. The quantitative estimate of drug-likeness (QED) is 0.822. The van der Waals surface area contributed by atoms with Gasteiger partial charge in [-0.3, -0.25) is 0 Å². The van der Waals surface area contributed by atoms with Crippen LogP contribution in [-0.4, -0.2) is 38.6 Å². The fraction of sp³-hybridized carbons (Fsp3) is 0.438. The van der Waals surface area contributed by atoms with Crippen molar-refractivity contribution in [1.82, 2.24) is 9.46 Å². The molecule has 0 spiro atoms. The number of aromatic nitrogens is 1. The molecule has 7 nitrogen and oxygen atoms in total. The van der Waals surface area contributed by atoms with Gasteiger partial charge < -0.3 is 14.0 Å². The van der Waals surface area contributed by atoms with Gasteiger partial charge in [0.15, 0.2) is 0 Å². The maximum atomic E-state index is 13.2. The van der Waals surface area contributed by atoms with E-state index in [1.165, 1.54) is 24.6 Å². The van der Waals surface area contributed by atoms with Crippen molar-refractivity contribution in [2.75, 3.05) is 20.8 Å². The van der Waals surface area contributed by atoms with Gasteiger partial charge in [-0.05, 0) is 31.9 Å². The molecule has 1 fully saturated rings. The molecule has 0 N–H and O–H groups in total. The first-order chi connectivity index (χ1) is 11.5. The molecule has 1 saturated heterocycles. The van der Waals surface area contributed by atoms with Crippen LogP contribution in [0.25, 0.3) is 0 Å². The Bertz CT molecular complexity index is 831. The topological polar surface area (TPSA) is 81.9 Å². The molecule has 0 aliphatic carbocycles. The Morgan fingerprint density at radius 1 is 1.25 bits per heavy atom. The Balaban J connectivity index is 2.03. The van der Waals surface area contributed by atoms with Crippen LogP contribution < -0.4 is 9.47 Å².